The summed E-state index contributed by atoms with van der Waals surface area (Å²) >= 11 is 0. The molecule has 0 amide bonds. The zero-order valence-electron chi connectivity index (χ0n) is 32.9. The van der Waals surface area contributed by atoms with Gasteiger partial charge in [0, 0.05) is 34.7 Å². The van der Waals surface area contributed by atoms with Crippen LogP contribution in [0, 0.1) is 23.7 Å². The van der Waals surface area contributed by atoms with Gasteiger partial charge in [0.25, 0.3) is 0 Å². The molecule has 0 aliphatic rings. The number of methoxy groups -OCH3 is 4. The topological polar surface area (TPSA) is 156 Å². The molecule has 2 unspecified atom stereocenters. The van der Waals surface area contributed by atoms with E-state index >= 15 is 0 Å². The highest BCUT2D eigenvalue weighted by Gasteiger charge is 2.29. The van der Waals surface area contributed by atoms with Gasteiger partial charge in [-0.1, -0.05) is 36.1 Å². The molecule has 298 valence electrons. The third-order valence-corrected chi connectivity index (χ3v) is 9.14. The lowest BCUT2D eigenvalue weighted by molar-refractivity contribution is 0.0343. The Kier molecular flexibility index (Phi) is 12.9. The number of furan rings is 2. The first-order chi connectivity index (χ1) is 28.1. The number of esters is 2. The molecule has 6 rings (SSSR count). The maximum absolute atomic E-state index is 13.8. The van der Waals surface area contributed by atoms with E-state index in [1.807, 2.05) is 0 Å². The Hall–Kier alpha value is -6.86. The van der Waals surface area contributed by atoms with Gasteiger partial charge in [-0.15, -0.1) is 0 Å². The van der Waals surface area contributed by atoms with E-state index < -0.39 is 24.1 Å². The monoisotopic (exact) mass is 786 g/mol. The van der Waals surface area contributed by atoms with Crippen LogP contribution in [0.5, 0.6) is 23.0 Å². The average Bonchev–Trinajstić information content (AvgIpc) is 3.83. The number of carbonyl (C=O) groups is 2. The number of benzene rings is 4. The molecule has 2 N–H and O–H groups in total. The lowest BCUT2D eigenvalue weighted by Gasteiger charge is -2.11. The molecule has 58 heavy (non-hydrogen) atoms. The Labute approximate surface area is 335 Å². The molecule has 6 aromatic rings. The summed E-state index contributed by atoms with van der Waals surface area (Å²) in [5.74, 6) is 12.5. The van der Waals surface area contributed by atoms with Crippen molar-refractivity contribution in [1.29, 1.82) is 0 Å². The number of hydrogen-bond acceptors (Lipinski definition) is 12. The van der Waals surface area contributed by atoms with Crippen molar-refractivity contribution in [2.24, 2.45) is 0 Å². The molecule has 0 radical (unpaired) electrons. The van der Waals surface area contributed by atoms with Gasteiger partial charge in [0.15, 0.2) is 22.7 Å². The van der Waals surface area contributed by atoms with Crippen molar-refractivity contribution in [3.05, 3.63) is 95.1 Å². The number of ether oxygens (including phenoxy) is 6. The lowest BCUT2D eigenvalue weighted by Crippen LogP contribution is -2.15. The Morgan fingerprint density at radius 3 is 1.38 bits per heavy atom. The third kappa shape index (κ3) is 8.74. The number of hydrogen-bond donors (Lipinski definition) is 2. The SMILES string of the molecule is COc1cccc(-c2oc3c(OC)cc(CO)cc3c2C(=O)OC(C)CC#CC#CCC(C)OC(=O)c2c(-c3cccc(OC)c3)oc3c(OC)cc(CO)cc23)c1. The van der Waals surface area contributed by atoms with Crippen molar-refractivity contribution in [2.75, 3.05) is 28.4 Å². The van der Waals surface area contributed by atoms with Crippen LogP contribution in [0.4, 0.5) is 0 Å². The van der Waals surface area contributed by atoms with Crippen molar-refractivity contribution >= 4 is 33.9 Å². The minimum Gasteiger partial charge on any atom is -0.497 e. The smallest absolute Gasteiger partial charge is 0.343 e. The van der Waals surface area contributed by atoms with Gasteiger partial charge in [0.2, 0.25) is 0 Å². The molecule has 0 aliphatic heterocycles. The Morgan fingerprint density at radius 2 is 1.02 bits per heavy atom. The zero-order valence-corrected chi connectivity index (χ0v) is 32.9. The summed E-state index contributed by atoms with van der Waals surface area (Å²) in [5, 5.41) is 20.7. The Morgan fingerprint density at radius 1 is 0.603 bits per heavy atom. The molecule has 0 aliphatic carbocycles. The quantitative estimate of drug-likeness (QED) is 0.0809. The summed E-state index contributed by atoms with van der Waals surface area (Å²) in [5.41, 5.74) is 3.25. The fraction of sp³-hybridized carbons (Fsp3) is 0.261. The van der Waals surface area contributed by atoms with Crippen LogP contribution in [0.25, 0.3) is 44.6 Å². The molecule has 0 saturated heterocycles. The maximum Gasteiger partial charge on any atom is 0.343 e. The van der Waals surface area contributed by atoms with Crippen molar-refractivity contribution < 1.29 is 57.1 Å². The van der Waals surface area contributed by atoms with E-state index in [2.05, 4.69) is 23.7 Å². The van der Waals surface area contributed by atoms with E-state index in [-0.39, 0.29) is 48.7 Å². The standard InChI is InChI=1S/C46H42O12/c1-27(55-45(49)39-35-19-29(25-47)21-37(53-5)43(35)57-41(39)31-15-11-17-33(23-31)51-3)13-9-7-8-10-14-28(2)56-46(50)40-36-20-30(26-48)22-38(54-6)44(36)58-42(40)32-16-12-18-34(24-32)52-4/h11-12,15-24,27-28,47-48H,13-14,25-26H2,1-6H3. The Bertz CT molecular complexity index is 2410. The minimum atomic E-state index is -0.643. The van der Waals surface area contributed by atoms with E-state index in [1.54, 1.807) is 101 Å². The first-order valence-electron chi connectivity index (χ1n) is 18.3. The van der Waals surface area contributed by atoms with Crippen molar-refractivity contribution in [1.82, 2.24) is 0 Å². The highest BCUT2D eigenvalue weighted by Crippen LogP contribution is 2.42. The van der Waals surface area contributed by atoms with Crippen LogP contribution in [0.2, 0.25) is 0 Å². The third-order valence-electron chi connectivity index (χ3n) is 9.14. The van der Waals surface area contributed by atoms with Gasteiger partial charge in [-0.05, 0) is 85.3 Å². The predicted molar refractivity (Wildman–Crippen MR) is 216 cm³/mol. The zero-order chi connectivity index (χ0) is 41.3. The summed E-state index contributed by atoms with van der Waals surface area (Å²) in [6.07, 6.45) is -0.886. The summed E-state index contributed by atoms with van der Waals surface area (Å²) in [6.45, 7) is 2.88. The van der Waals surface area contributed by atoms with Crippen molar-refractivity contribution in [3.8, 4) is 69.3 Å². The second kappa shape index (κ2) is 18.4. The predicted octanol–water partition coefficient (Wildman–Crippen LogP) is 8.11. The number of rotatable bonds is 14. The molecule has 12 nitrogen and oxygen atoms in total. The van der Waals surface area contributed by atoms with Gasteiger partial charge in [-0.3, -0.25) is 0 Å². The van der Waals surface area contributed by atoms with Crippen LogP contribution in [0.15, 0.2) is 81.6 Å². The number of aliphatic hydroxyl groups is 2. The van der Waals surface area contributed by atoms with Crippen molar-refractivity contribution in [2.45, 2.75) is 52.1 Å². The normalized spacial score (nSPS) is 11.8. The summed E-state index contributed by atoms with van der Waals surface area (Å²) in [4.78, 5) is 27.5. The van der Waals surface area contributed by atoms with Gasteiger partial charge in [0.05, 0.1) is 41.7 Å². The van der Waals surface area contributed by atoms with E-state index in [0.717, 1.165) is 0 Å². The molecule has 2 aromatic heterocycles. The number of carbonyl (C=O) groups excluding carboxylic acids is 2. The van der Waals surface area contributed by atoms with Gasteiger partial charge >= 0.3 is 11.9 Å². The maximum atomic E-state index is 13.8. The average molecular weight is 787 g/mol. The van der Waals surface area contributed by atoms with Gasteiger partial charge in [-0.25, -0.2) is 9.59 Å². The first-order valence-corrected chi connectivity index (χ1v) is 18.3. The van der Waals surface area contributed by atoms with Crippen LogP contribution in [-0.2, 0) is 22.7 Å². The second-order valence-corrected chi connectivity index (χ2v) is 13.2. The van der Waals surface area contributed by atoms with Gasteiger partial charge in [0.1, 0.15) is 46.4 Å². The van der Waals surface area contributed by atoms with Crippen LogP contribution in [-0.4, -0.2) is 62.8 Å². The Balaban J connectivity index is 1.15. The minimum absolute atomic E-state index is 0.173. The number of aliphatic hydroxyl groups excluding tert-OH is 2. The molecule has 0 spiro atoms. The molecular formula is C46H42O12. The van der Waals surface area contributed by atoms with Crippen LogP contribution in [0.3, 0.4) is 0 Å². The molecular weight excluding hydrogens is 744 g/mol. The molecule has 12 heteroatoms. The molecule has 0 fully saturated rings. The summed E-state index contributed by atoms with van der Waals surface area (Å²) in [6, 6.07) is 20.8. The molecule has 2 heterocycles. The lowest BCUT2D eigenvalue weighted by atomic mass is 10.0. The molecule has 0 saturated carbocycles. The number of fused-ring (bicyclic) bond motifs is 2. The fourth-order valence-electron chi connectivity index (χ4n) is 6.32. The van der Waals surface area contributed by atoms with E-state index in [0.29, 0.717) is 67.2 Å². The molecule has 0 bridgehead atoms. The van der Waals surface area contributed by atoms with Gasteiger partial charge < -0.3 is 47.5 Å². The highest BCUT2D eigenvalue weighted by atomic mass is 16.5. The highest BCUT2D eigenvalue weighted by molar-refractivity contribution is 6.11. The largest absolute Gasteiger partial charge is 0.497 e. The summed E-state index contributed by atoms with van der Waals surface area (Å²) in [7, 11) is 6.05. The van der Waals surface area contributed by atoms with Crippen LogP contribution in [0.1, 0.15) is 58.5 Å². The molecule has 2 atom stereocenters. The van der Waals surface area contributed by atoms with Crippen LogP contribution >= 0.6 is 0 Å². The molecule has 4 aromatic carbocycles. The summed E-state index contributed by atoms with van der Waals surface area (Å²) < 4.78 is 45.9. The van der Waals surface area contributed by atoms with E-state index in [9.17, 15) is 19.8 Å². The van der Waals surface area contributed by atoms with E-state index in [1.165, 1.54) is 14.2 Å². The van der Waals surface area contributed by atoms with Crippen LogP contribution < -0.4 is 18.9 Å². The van der Waals surface area contributed by atoms with Gasteiger partial charge in [-0.2, -0.15) is 0 Å². The fourth-order valence-corrected chi connectivity index (χ4v) is 6.32. The van der Waals surface area contributed by atoms with Crippen molar-refractivity contribution in [3.63, 3.8) is 0 Å². The second-order valence-electron chi connectivity index (χ2n) is 13.2. The van der Waals surface area contributed by atoms with E-state index in [4.69, 9.17) is 37.3 Å². The first kappa shape index (κ1) is 40.8.